The molecular formula is C50H24N2O2. The summed E-state index contributed by atoms with van der Waals surface area (Å²) in [4.78, 5) is 0. The van der Waals surface area contributed by atoms with Crippen LogP contribution in [0.3, 0.4) is 0 Å². The summed E-state index contributed by atoms with van der Waals surface area (Å²) in [5, 5.41) is 31.3. The molecule has 0 spiro atoms. The smallest absolute Gasteiger partial charge is 0.135 e. The van der Waals surface area contributed by atoms with E-state index in [1.165, 1.54) is 0 Å². The van der Waals surface area contributed by atoms with Gasteiger partial charge in [-0.15, -0.1) is 0 Å². The van der Waals surface area contributed by atoms with Gasteiger partial charge in [-0.05, 0) is 102 Å². The number of hydrogen-bond acceptors (Lipinski definition) is 4. The highest BCUT2D eigenvalue weighted by molar-refractivity contribution is 6.31. The van der Waals surface area contributed by atoms with E-state index < -0.39 is 0 Å². The Hall–Kier alpha value is -7.66. The average molecular weight is 685 g/mol. The Kier molecular flexibility index (Phi) is 5.61. The monoisotopic (exact) mass is 684 g/mol. The lowest BCUT2D eigenvalue weighted by Gasteiger charge is -2.24. The van der Waals surface area contributed by atoms with Crippen molar-refractivity contribution >= 4 is 53.9 Å². The van der Waals surface area contributed by atoms with Gasteiger partial charge in [0.25, 0.3) is 0 Å². The molecule has 0 N–H and O–H groups in total. The van der Waals surface area contributed by atoms with Crippen LogP contribution in [0.4, 0.5) is 0 Å². The third-order valence-electron chi connectivity index (χ3n) is 11.5. The lowest BCUT2D eigenvalue weighted by molar-refractivity contribution is 0.487. The van der Waals surface area contributed by atoms with E-state index in [1.54, 1.807) is 0 Å². The highest BCUT2D eigenvalue weighted by atomic mass is 16.5. The van der Waals surface area contributed by atoms with Crippen molar-refractivity contribution in [1.29, 1.82) is 10.5 Å². The first-order chi connectivity index (χ1) is 26.7. The van der Waals surface area contributed by atoms with E-state index in [0.29, 0.717) is 11.1 Å². The number of nitrogens with zero attached hydrogens (tertiary/aromatic N) is 2. The van der Waals surface area contributed by atoms with Crippen LogP contribution in [0.2, 0.25) is 0 Å². The van der Waals surface area contributed by atoms with Gasteiger partial charge in [0.05, 0.1) is 23.3 Å². The van der Waals surface area contributed by atoms with Crippen molar-refractivity contribution in [3.63, 3.8) is 0 Å². The first kappa shape index (κ1) is 29.0. The first-order valence-electron chi connectivity index (χ1n) is 18.0. The predicted molar refractivity (Wildman–Crippen MR) is 216 cm³/mol. The lowest BCUT2D eigenvalue weighted by atomic mass is 9.82. The normalized spacial score (nSPS) is 12.3. The number of benzene rings is 10. The molecule has 0 aliphatic carbocycles. The molecule has 0 atom stereocenters. The SMILES string of the molecule is N#Cc1cc(-c2ccc3c4c(cccc24)-c2ccccc2O3)c2ccc3c(C#N)cc(-c4ccc5c6c(cccc46)Oc4ccccc4-5)c4ccc1c2c34. The molecule has 0 aromatic heterocycles. The van der Waals surface area contributed by atoms with Crippen molar-refractivity contribution in [3.05, 3.63) is 157 Å². The molecule has 0 amide bonds. The van der Waals surface area contributed by atoms with Crippen LogP contribution in [-0.4, -0.2) is 0 Å². The Balaban J connectivity index is 1.17. The van der Waals surface area contributed by atoms with Crippen molar-refractivity contribution in [2.45, 2.75) is 0 Å². The van der Waals surface area contributed by atoms with Crippen molar-refractivity contribution in [2.24, 2.45) is 0 Å². The minimum atomic E-state index is 0.593. The fraction of sp³-hybridized carbons (Fsp3) is 0. The maximum atomic E-state index is 10.7. The van der Waals surface area contributed by atoms with Crippen LogP contribution in [0.1, 0.15) is 11.1 Å². The largest absolute Gasteiger partial charge is 0.456 e. The average Bonchev–Trinajstić information content (AvgIpc) is 3.23. The standard InChI is InChI=1S/C50H24N2O2/c51-25-27-23-41(31-17-20-38-34-8-2-4-13-44(34)53-45-14-6-11-36(31)48(38)45)39-18-15-30-28(26-52)24-42(40-19-16-29(27)49(39)50(30)40)32-21-22-46-47-35(32)9-5-10-37(47)33-7-1-3-12-43(33)54-46/h1-24H. The molecule has 0 saturated heterocycles. The van der Waals surface area contributed by atoms with Crippen molar-refractivity contribution in [3.8, 4) is 79.6 Å². The van der Waals surface area contributed by atoms with E-state index in [0.717, 1.165) is 121 Å². The molecule has 54 heavy (non-hydrogen) atoms. The maximum Gasteiger partial charge on any atom is 0.135 e. The highest BCUT2D eigenvalue weighted by Gasteiger charge is 2.26. The van der Waals surface area contributed by atoms with E-state index in [9.17, 15) is 10.5 Å². The Labute approximate surface area is 309 Å². The molecule has 10 aromatic rings. The Bertz CT molecular complexity index is 3240. The minimum absolute atomic E-state index is 0.593. The van der Waals surface area contributed by atoms with Gasteiger partial charge in [0.1, 0.15) is 23.0 Å². The fourth-order valence-corrected chi connectivity index (χ4v) is 9.25. The molecular weight excluding hydrogens is 661 g/mol. The molecule has 10 aromatic carbocycles. The third kappa shape index (κ3) is 3.68. The van der Waals surface area contributed by atoms with E-state index in [2.05, 4.69) is 91.0 Å². The molecule has 0 radical (unpaired) electrons. The van der Waals surface area contributed by atoms with Crippen molar-refractivity contribution in [2.75, 3.05) is 0 Å². The zero-order chi connectivity index (χ0) is 35.7. The first-order valence-corrected chi connectivity index (χ1v) is 18.0. The lowest BCUT2D eigenvalue weighted by Crippen LogP contribution is -1.99. The van der Waals surface area contributed by atoms with E-state index >= 15 is 0 Å². The summed E-state index contributed by atoms with van der Waals surface area (Å²) in [5.41, 5.74) is 9.56. The quantitative estimate of drug-likeness (QED) is 0.170. The summed E-state index contributed by atoms with van der Waals surface area (Å²) in [6, 6.07) is 54.9. The van der Waals surface area contributed by atoms with Gasteiger partial charge in [0, 0.05) is 32.7 Å². The summed E-state index contributed by atoms with van der Waals surface area (Å²) in [6.07, 6.45) is 0. The topological polar surface area (TPSA) is 66.0 Å². The number of para-hydroxylation sites is 2. The van der Waals surface area contributed by atoms with Crippen molar-refractivity contribution in [1.82, 2.24) is 0 Å². The van der Waals surface area contributed by atoms with Crippen LogP contribution >= 0.6 is 0 Å². The van der Waals surface area contributed by atoms with Crippen LogP contribution in [0.15, 0.2) is 146 Å². The molecule has 2 aliphatic rings. The molecule has 4 nitrogen and oxygen atoms in total. The molecule has 2 aliphatic heterocycles. The van der Waals surface area contributed by atoms with Gasteiger partial charge in [-0.2, -0.15) is 10.5 Å². The molecule has 0 fully saturated rings. The van der Waals surface area contributed by atoms with Gasteiger partial charge in [0.15, 0.2) is 0 Å². The second-order valence-corrected chi connectivity index (χ2v) is 14.1. The van der Waals surface area contributed by atoms with E-state index in [4.69, 9.17) is 9.47 Å². The van der Waals surface area contributed by atoms with E-state index in [-0.39, 0.29) is 0 Å². The summed E-state index contributed by atoms with van der Waals surface area (Å²) in [6.45, 7) is 0. The van der Waals surface area contributed by atoms with Gasteiger partial charge in [-0.1, -0.05) is 109 Å². The number of ether oxygens (including phenoxy) is 2. The highest BCUT2D eigenvalue weighted by Crippen LogP contribution is 2.53. The van der Waals surface area contributed by atoms with Gasteiger partial charge < -0.3 is 9.47 Å². The van der Waals surface area contributed by atoms with Crippen LogP contribution in [0.5, 0.6) is 23.0 Å². The Morgan fingerprint density at radius 2 is 0.704 bits per heavy atom. The summed E-state index contributed by atoms with van der Waals surface area (Å²) < 4.78 is 12.9. The molecule has 12 rings (SSSR count). The fourth-order valence-electron chi connectivity index (χ4n) is 9.25. The summed E-state index contributed by atoms with van der Waals surface area (Å²) in [5.74, 6) is 3.33. The van der Waals surface area contributed by atoms with Crippen LogP contribution in [0, 0.1) is 22.7 Å². The second-order valence-electron chi connectivity index (χ2n) is 14.1. The molecule has 2 heterocycles. The zero-order valence-electron chi connectivity index (χ0n) is 28.6. The molecule has 0 saturated carbocycles. The Morgan fingerprint density at radius 3 is 1.28 bits per heavy atom. The molecule has 246 valence electrons. The number of rotatable bonds is 2. The summed E-state index contributed by atoms with van der Waals surface area (Å²) in [7, 11) is 0. The van der Waals surface area contributed by atoms with Gasteiger partial charge >= 0.3 is 0 Å². The summed E-state index contributed by atoms with van der Waals surface area (Å²) >= 11 is 0. The van der Waals surface area contributed by atoms with Crippen molar-refractivity contribution < 1.29 is 9.47 Å². The number of nitriles is 2. The molecule has 0 bridgehead atoms. The van der Waals surface area contributed by atoms with Crippen LogP contribution in [0.25, 0.3) is 98.4 Å². The van der Waals surface area contributed by atoms with Gasteiger partial charge in [-0.3, -0.25) is 0 Å². The zero-order valence-corrected chi connectivity index (χ0v) is 28.6. The number of fused-ring (bicyclic) bond motifs is 4. The van der Waals surface area contributed by atoms with Gasteiger partial charge in [-0.25, -0.2) is 0 Å². The predicted octanol–water partition coefficient (Wildman–Crippen LogP) is 13.5. The maximum absolute atomic E-state index is 10.7. The van der Waals surface area contributed by atoms with Gasteiger partial charge in [0.2, 0.25) is 0 Å². The van der Waals surface area contributed by atoms with Crippen LogP contribution < -0.4 is 9.47 Å². The molecule has 0 unspecified atom stereocenters. The third-order valence-corrected chi connectivity index (χ3v) is 11.5. The Morgan fingerprint density at radius 1 is 0.296 bits per heavy atom. The van der Waals surface area contributed by atoms with E-state index in [1.807, 2.05) is 66.7 Å². The minimum Gasteiger partial charge on any atom is -0.456 e. The second kappa shape index (κ2) is 10.5. The number of hydrogen-bond donors (Lipinski definition) is 0. The molecule has 4 heteroatoms. The van der Waals surface area contributed by atoms with Crippen LogP contribution in [-0.2, 0) is 0 Å².